The molecule has 0 aliphatic rings. The Balaban J connectivity index is 1.48. The lowest BCUT2D eigenvalue weighted by Gasteiger charge is -2.17. The lowest BCUT2D eigenvalue weighted by molar-refractivity contribution is 0.375. The Morgan fingerprint density at radius 3 is 2.61 bits per heavy atom. The standard InChI is InChI=1S/C21H24ClN5O/c1-15(8-9-16-6-4-3-5-7-16)25-21(23-2)24-14-19-26-20(27-28-19)17-10-12-18(22)13-11-17/h3-7,10-13,15H,8-9,14H2,1-2H3,(H2,23,24,25). The summed E-state index contributed by atoms with van der Waals surface area (Å²) in [4.78, 5) is 8.67. The van der Waals surface area contributed by atoms with Gasteiger partial charge in [-0.2, -0.15) is 4.98 Å². The van der Waals surface area contributed by atoms with Gasteiger partial charge in [0, 0.05) is 23.7 Å². The largest absolute Gasteiger partial charge is 0.354 e. The molecule has 0 bridgehead atoms. The minimum absolute atomic E-state index is 0.277. The van der Waals surface area contributed by atoms with Crippen LogP contribution in [0.1, 0.15) is 24.8 Å². The molecule has 146 valence electrons. The molecule has 1 atom stereocenters. The van der Waals surface area contributed by atoms with E-state index in [2.05, 4.69) is 57.0 Å². The molecule has 3 aromatic rings. The number of benzene rings is 2. The zero-order chi connectivity index (χ0) is 19.8. The van der Waals surface area contributed by atoms with E-state index >= 15 is 0 Å². The number of nitrogens with zero attached hydrogens (tertiary/aromatic N) is 3. The third-order valence-electron chi connectivity index (χ3n) is 4.29. The van der Waals surface area contributed by atoms with Crippen LogP contribution in [0, 0.1) is 0 Å². The highest BCUT2D eigenvalue weighted by Gasteiger charge is 2.10. The number of aliphatic imine (C=N–C) groups is 1. The molecular weight excluding hydrogens is 374 g/mol. The molecule has 6 nitrogen and oxygen atoms in total. The summed E-state index contributed by atoms with van der Waals surface area (Å²) in [6.07, 6.45) is 2.02. The summed E-state index contributed by atoms with van der Waals surface area (Å²) in [5.41, 5.74) is 2.19. The molecule has 0 fully saturated rings. The molecule has 0 radical (unpaired) electrons. The normalized spacial score (nSPS) is 12.6. The van der Waals surface area contributed by atoms with Crippen LogP contribution in [0.3, 0.4) is 0 Å². The molecule has 0 amide bonds. The average Bonchev–Trinajstić information content (AvgIpc) is 3.20. The van der Waals surface area contributed by atoms with Gasteiger partial charge < -0.3 is 15.2 Å². The van der Waals surface area contributed by atoms with Crippen molar-refractivity contribution in [1.82, 2.24) is 20.8 Å². The summed E-state index contributed by atoms with van der Waals surface area (Å²) in [6, 6.07) is 18.1. The molecule has 1 heterocycles. The number of rotatable bonds is 7. The fourth-order valence-electron chi connectivity index (χ4n) is 2.73. The quantitative estimate of drug-likeness (QED) is 0.464. The van der Waals surface area contributed by atoms with Crippen LogP contribution < -0.4 is 10.6 Å². The molecule has 7 heteroatoms. The van der Waals surface area contributed by atoms with E-state index in [1.54, 1.807) is 19.2 Å². The van der Waals surface area contributed by atoms with E-state index in [1.165, 1.54) is 5.56 Å². The van der Waals surface area contributed by atoms with Gasteiger partial charge >= 0.3 is 0 Å². The van der Waals surface area contributed by atoms with Crippen molar-refractivity contribution in [2.24, 2.45) is 4.99 Å². The molecule has 0 saturated carbocycles. The Hall–Kier alpha value is -2.86. The van der Waals surface area contributed by atoms with Crippen molar-refractivity contribution in [3.8, 4) is 11.4 Å². The van der Waals surface area contributed by atoms with E-state index in [9.17, 15) is 0 Å². The number of guanidine groups is 1. The van der Waals surface area contributed by atoms with Crippen LogP contribution in [0.5, 0.6) is 0 Å². The molecule has 2 aromatic carbocycles. The van der Waals surface area contributed by atoms with Gasteiger partial charge in [-0.3, -0.25) is 4.99 Å². The third kappa shape index (κ3) is 5.82. The maximum absolute atomic E-state index is 5.91. The van der Waals surface area contributed by atoms with Crippen LogP contribution >= 0.6 is 11.6 Å². The van der Waals surface area contributed by atoms with Crippen molar-refractivity contribution in [3.05, 3.63) is 71.1 Å². The molecule has 0 saturated heterocycles. The monoisotopic (exact) mass is 397 g/mol. The second-order valence-corrected chi connectivity index (χ2v) is 6.95. The lowest BCUT2D eigenvalue weighted by Crippen LogP contribution is -2.42. The average molecular weight is 398 g/mol. The first-order chi connectivity index (χ1) is 13.6. The van der Waals surface area contributed by atoms with Crippen LogP contribution in [-0.2, 0) is 13.0 Å². The fraction of sp³-hybridized carbons (Fsp3) is 0.286. The van der Waals surface area contributed by atoms with Crippen LogP contribution in [0.2, 0.25) is 5.02 Å². The minimum atomic E-state index is 0.277. The molecule has 3 rings (SSSR count). The van der Waals surface area contributed by atoms with Crippen LogP contribution in [0.15, 0.2) is 64.1 Å². The maximum Gasteiger partial charge on any atom is 0.246 e. The summed E-state index contributed by atoms with van der Waals surface area (Å²) in [5.74, 6) is 1.73. The van der Waals surface area contributed by atoms with Crippen molar-refractivity contribution in [3.63, 3.8) is 0 Å². The zero-order valence-electron chi connectivity index (χ0n) is 16.0. The second-order valence-electron chi connectivity index (χ2n) is 6.51. The maximum atomic E-state index is 5.91. The second kappa shape index (κ2) is 9.90. The fourth-order valence-corrected chi connectivity index (χ4v) is 2.86. The van der Waals surface area contributed by atoms with Crippen molar-refractivity contribution < 1.29 is 4.52 Å². The molecule has 0 spiro atoms. The number of hydrogen-bond donors (Lipinski definition) is 2. The van der Waals surface area contributed by atoms with Crippen molar-refractivity contribution >= 4 is 17.6 Å². The Morgan fingerprint density at radius 2 is 1.89 bits per heavy atom. The summed E-state index contributed by atoms with van der Waals surface area (Å²) in [6.45, 7) is 2.53. The highest BCUT2D eigenvalue weighted by Crippen LogP contribution is 2.18. The van der Waals surface area contributed by atoms with Gasteiger partial charge in [-0.05, 0) is 49.6 Å². The minimum Gasteiger partial charge on any atom is -0.354 e. The smallest absolute Gasteiger partial charge is 0.246 e. The van der Waals surface area contributed by atoms with E-state index in [1.807, 2.05) is 18.2 Å². The molecule has 1 unspecified atom stereocenters. The van der Waals surface area contributed by atoms with Crippen LogP contribution in [0.25, 0.3) is 11.4 Å². The van der Waals surface area contributed by atoms with E-state index in [0.717, 1.165) is 18.4 Å². The predicted molar refractivity (Wildman–Crippen MR) is 112 cm³/mol. The molecule has 1 aromatic heterocycles. The van der Waals surface area contributed by atoms with Gasteiger partial charge in [-0.25, -0.2) is 0 Å². The molecule has 0 aliphatic carbocycles. The van der Waals surface area contributed by atoms with E-state index in [0.29, 0.717) is 29.2 Å². The van der Waals surface area contributed by atoms with Crippen molar-refractivity contribution in [2.45, 2.75) is 32.4 Å². The number of hydrogen-bond acceptors (Lipinski definition) is 4. The van der Waals surface area contributed by atoms with E-state index in [4.69, 9.17) is 16.1 Å². The Labute approximate surface area is 170 Å². The van der Waals surface area contributed by atoms with Gasteiger partial charge in [0.25, 0.3) is 0 Å². The zero-order valence-corrected chi connectivity index (χ0v) is 16.8. The van der Waals surface area contributed by atoms with Gasteiger partial charge in [0.2, 0.25) is 11.7 Å². The lowest BCUT2D eigenvalue weighted by atomic mass is 10.1. The Morgan fingerprint density at radius 1 is 1.14 bits per heavy atom. The Bertz CT molecular complexity index is 893. The van der Waals surface area contributed by atoms with Crippen LogP contribution in [0.4, 0.5) is 0 Å². The van der Waals surface area contributed by atoms with Gasteiger partial charge in [-0.1, -0.05) is 47.1 Å². The van der Waals surface area contributed by atoms with Gasteiger partial charge in [-0.15, -0.1) is 0 Å². The topological polar surface area (TPSA) is 75.3 Å². The van der Waals surface area contributed by atoms with Crippen LogP contribution in [-0.4, -0.2) is 29.2 Å². The van der Waals surface area contributed by atoms with Crippen molar-refractivity contribution in [2.75, 3.05) is 7.05 Å². The van der Waals surface area contributed by atoms with Gasteiger partial charge in [0.15, 0.2) is 5.96 Å². The van der Waals surface area contributed by atoms with Crippen molar-refractivity contribution in [1.29, 1.82) is 0 Å². The molecule has 0 aliphatic heterocycles. The Kier molecular flexibility index (Phi) is 7.03. The van der Waals surface area contributed by atoms with Gasteiger partial charge in [0.05, 0.1) is 6.54 Å². The summed E-state index contributed by atoms with van der Waals surface area (Å²) >= 11 is 5.91. The number of aromatic nitrogens is 2. The first-order valence-electron chi connectivity index (χ1n) is 9.23. The first kappa shape index (κ1) is 19.9. The van der Waals surface area contributed by atoms with Gasteiger partial charge in [0.1, 0.15) is 0 Å². The highest BCUT2D eigenvalue weighted by atomic mass is 35.5. The molecule has 28 heavy (non-hydrogen) atoms. The summed E-state index contributed by atoms with van der Waals surface area (Å²) < 4.78 is 5.32. The number of nitrogens with one attached hydrogen (secondary N) is 2. The summed E-state index contributed by atoms with van der Waals surface area (Å²) in [5, 5.41) is 11.3. The first-order valence-corrected chi connectivity index (χ1v) is 9.61. The molecular formula is C21H24ClN5O. The molecule has 2 N–H and O–H groups in total. The van der Waals surface area contributed by atoms with E-state index in [-0.39, 0.29) is 6.04 Å². The highest BCUT2D eigenvalue weighted by molar-refractivity contribution is 6.30. The third-order valence-corrected chi connectivity index (χ3v) is 4.55. The van der Waals surface area contributed by atoms with E-state index < -0.39 is 0 Å². The summed E-state index contributed by atoms with van der Waals surface area (Å²) in [7, 11) is 1.74. The predicted octanol–water partition coefficient (Wildman–Crippen LogP) is 4.08. The SMILES string of the molecule is CN=C(NCc1nc(-c2ccc(Cl)cc2)no1)NC(C)CCc1ccccc1. The number of aryl methyl sites for hydroxylation is 1. The number of halogens is 1.